The first-order chi connectivity index (χ1) is 6.29. The van der Waals surface area contributed by atoms with Gasteiger partial charge in [-0.3, -0.25) is 0 Å². The fraction of sp³-hybridized carbons (Fsp3) is 0.143. The van der Waals surface area contributed by atoms with Crippen molar-refractivity contribution in [1.82, 2.24) is 0 Å². The van der Waals surface area contributed by atoms with Crippen molar-refractivity contribution in [2.75, 3.05) is 0 Å². The molecule has 0 saturated carbocycles. The molecule has 0 spiro atoms. The molecule has 0 heterocycles. The van der Waals surface area contributed by atoms with Crippen LogP contribution in [0.15, 0.2) is 16.6 Å². The van der Waals surface area contributed by atoms with E-state index in [0.29, 0.717) is 0 Å². The molecule has 0 aromatic heterocycles. The summed E-state index contributed by atoms with van der Waals surface area (Å²) in [7, 11) is 0. The molecule has 0 atom stereocenters. The van der Waals surface area contributed by atoms with E-state index in [1.807, 2.05) is 0 Å². The van der Waals surface area contributed by atoms with E-state index in [0.717, 1.165) is 12.1 Å². The Hall–Kier alpha value is -0.980. The van der Waals surface area contributed by atoms with Gasteiger partial charge in [0.25, 0.3) is 0 Å². The van der Waals surface area contributed by atoms with Gasteiger partial charge in [-0.25, -0.2) is 4.39 Å². The predicted molar refractivity (Wildman–Crippen MR) is 42.4 cm³/mol. The molecule has 0 radical (unpaired) electrons. The molecule has 1 aromatic carbocycles. The maximum Gasteiger partial charge on any atom is 0.573 e. The average Bonchev–Trinajstić information content (AvgIpc) is 1.96. The maximum atomic E-state index is 12.7. The molecule has 0 aliphatic carbocycles. The Morgan fingerprint density at radius 1 is 1.29 bits per heavy atom. The number of halogens is 5. The van der Waals surface area contributed by atoms with Crippen molar-refractivity contribution >= 4 is 15.9 Å². The van der Waals surface area contributed by atoms with Gasteiger partial charge in [0, 0.05) is 4.47 Å². The number of phenols is 1. The largest absolute Gasteiger partial charge is 0.573 e. The highest BCUT2D eigenvalue weighted by Crippen LogP contribution is 2.35. The van der Waals surface area contributed by atoms with Crippen molar-refractivity contribution in [3.8, 4) is 11.5 Å². The molecule has 0 aliphatic rings. The lowest BCUT2D eigenvalue weighted by molar-refractivity contribution is -0.275. The highest BCUT2D eigenvalue weighted by Gasteiger charge is 2.33. The minimum atomic E-state index is -4.97. The topological polar surface area (TPSA) is 29.5 Å². The second-order valence-corrected chi connectivity index (χ2v) is 3.20. The van der Waals surface area contributed by atoms with Gasteiger partial charge in [-0.2, -0.15) is 0 Å². The van der Waals surface area contributed by atoms with Crippen molar-refractivity contribution in [2.45, 2.75) is 6.36 Å². The third kappa shape index (κ3) is 2.76. The summed E-state index contributed by atoms with van der Waals surface area (Å²) in [6.45, 7) is 0. The smallest absolute Gasteiger partial charge is 0.502 e. The zero-order valence-electron chi connectivity index (χ0n) is 6.40. The van der Waals surface area contributed by atoms with Gasteiger partial charge in [-0.15, -0.1) is 13.2 Å². The molecular weight excluding hydrogens is 272 g/mol. The van der Waals surface area contributed by atoms with Crippen LogP contribution in [0.4, 0.5) is 17.6 Å². The quantitative estimate of drug-likeness (QED) is 0.797. The molecule has 1 rings (SSSR count). The monoisotopic (exact) mass is 274 g/mol. The second-order valence-electron chi connectivity index (χ2n) is 2.28. The van der Waals surface area contributed by atoms with Crippen LogP contribution in [0.5, 0.6) is 11.5 Å². The first kappa shape index (κ1) is 11.1. The lowest BCUT2D eigenvalue weighted by Crippen LogP contribution is -2.17. The molecule has 0 aliphatic heterocycles. The van der Waals surface area contributed by atoms with Crippen LogP contribution >= 0.6 is 15.9 Å². The van der Waals surface area contributed by atoms with Gasteiger partial charge in [-0.1, -0.05) is 15.9 Å². The molecule has 0 fully saturated rings. The number of rotatable bonds is 1. The first-order valence-electron chi connectivity index (χ1n) is 3.23. The fourth-order valence-electron chi connectivity index (χ4n) is 0.745. The lowest BCUT2D eigenvalue weighted by Gasteiger charge is -2.10. The van der Waals surface area contributed by atoms with E-state index in [-0.39, 0.29) is 4.47 Å². The van der Waals surface area contributed by atoms with Crippen LogP contribution < -0.4 is 4.74 Å². The Morgan fingerprint density at radius 2 is 1.86 bits per heavy atom. The molecule has 0 amide bonds. The lowest BCUT2D eigenvalue weighted by atomic mass is 10.3. The average molecular weight is 275 g/mol. The third-order valence-corrected chi connectivity index (χ3v) is 1.68. The van der Waals surface area contributed by atoms with Gasteiger partial charge < -0.3 is 9.84 Å². The Bertz CT molecular complexity index is 350. The fourth-order valence-corrected chi connectivity index (χ4v) is 1.15. The van der Waals surface area contributed by atoms with Crippen LogP contribution in [0.3, 0.4) is 0 Å². The second kappa shape index (κ2) is 3.64. The standard InChI is InChI=1S/C7H3BrF4O2/c8-3-1-4(9)6(13)5(2-3)14-7(10,11)12/h1-2,13H. The van der Waals surface area contributed by atoms with Gasteiger partial charge in [0.05, 0.1) is 0 Å². The summed E-state index contributed by atoms with van der Waals surface area (Å²) in [5.74, 6) is -3.35. The number of alkyl halides is 3. The Kier molecular flexibility index (Phi) is 2.89. The summed E-state index contributed by atoms with van der Waals surface area (Å²) in [4.78, 5) is 0. The van der Waals surface area contributed by atoms with Gasteiger partial charge in [-0.05, 0) is 12.1 Å². The Morgan fingerprint density at radius 3 is 2.36 bits per heavy atom. The number of hydrogen-bond acceptors (Lipinski definition) is 2. The van der Waals surface area contributed by atoms with Gasteiger partial charge in [0.1, 0.15) is 0 Å². The minimum absolute atomic E-state index is 0.0343. The summed E-state index contributed by atoms with van der Waals surface area (Å²) in [6, 6.07) is 1.63. The number of aromatic hydroxyl groups is 1. The van der Waals surface area contributed by atoms with E-state index in [1.165, 1.54) is 0 Å². The van der Waals surface area contributed by atoms with Crippen LogP contribution in [0.2, 0.25) is 0 Å². The highest BCUT2D eigenvalue weighted by molar-refractivity contribution is 9.10. The zero-order chi connectivity index (χ0) is 10.9. The molecular formula is C7H3BrF4O2. The molecule has 0 saturated heterocycles. The van der Waals surface area contributed by atoms with Crippen LogP contribution in [-0.4, -0.2) is 11.5 Å². The molecule has 7 heteroatoms. The van der Waals surface area contributed by atoms with Gasteiger partial charge in [0.2, 0.25) is 0 Å². The number of phenolic OH excluding ortho intramolecular Hbond substituents is 1. The molecule has 14 heavy (non-hydrogen) atoms. The first-order valence-corrected chi connectivity index (χ1v) is 4.02. The third-order valence-electron chi connectivity index (χ3n) is 1.22. The summed E-state index contributed by atoms with van der Waals surface area (Å²) in [6.07, 6.45) is -4.97. The highest BCUT2D eigenvalue weighted by atomic mass is 79.9. The summed E-state index contributed by atoms with van der Waals surface area (Å²) in [5.41, 5.74) is 0. The molecule has 1 aromatic rings. The minimum Gasteiger partial charge on any atom is -0.502 e. The van der Waals surface area contributed by atoms with Crippen LogP contribution in [-0.2, 0) is 0 Å². The van der Waals surface area contributed by atoms with Crippen LogP contribution in [0.25, 0.3) is 0 Å². The van der Waals surface area contributed by atoms with Crippen molar-refractivity contribution in [1.29, 1.82) is 0 Å². The molecule has 0 bridgehead atoms. The van der Waals surface area contributed by atoms with Crippen molar-refractivity contribution < 1.29 is 27.4 Å². The van der Waals surface area contributed by atoms with E-state index in [9.17, 15) is 17.6 Å². The SMILES string of the molecule is Oc1c(F)cc(Br)cc1OC(F)(F)F. The molecule has 1 N–H and O–H groups in total. The summed E-state index contributed by atoms with van der Waals surface area (Å²) < 4.78 is 51.2. The van der Waals surface area contributed by atoms with Crippen molar-refractivity contribution in [3.63, 3.8) is 0 Å². The number of benzene rings is 1. The van der Waals surface area contributed by atoms with Crippen molar-refractivity contribution in [3.05, 3.63) is 22.4 Å². The zero-order valence-corrected chi connectivity index (χ0v) is 7.99. The normalized spacial score (nSPS) is 11.5. The molecule has 2 nitrogen and oxygen atoms in total. The van der Waals surface area contributed by atoms with Crippen LogP contribution in [0.1, 0.15) is 0 Å². The van der Waals surface area contributed by atoms with Crippen LogP contribution in [0, 0.1) is 5.82 Å². The maximum absolute atomic E-state index is 12.7. The van der Waals surface area contributed by atoms with E-state index >= 15 is 0 Å². The van der Waals surface area contributed by atoms with E-state index < -0.39 is 23.7 Å². The van der Waals surface area contributed by atoms with E-state index in [1.54, 1.807) is 0 Å². The van der Waals surface area contributed by atoms with Gasteiger partial charge in [0.15, 0.2) is 17.3 Å². The van der Waals surface area contributed by atoms with E-state index in [2.05, 4.69) is 20.7 Å². The molecule has 78 valence electrons. The molecule has 0 unspecified atom stereocenters. The van der Waals surface area contributed by atoms with E-state index in [4.69, 9.17) is 5.11 Å². The summed E-state index contributed by atoms with van der Waals surface area (Å²) >= 11 is 2.76. The number of hydrogen-bond donors (Lipinski definition) is 1. The Labute approximate surface area is 84.2 Å². The van der Waals surface area contributed by atoms with Crippen molar-refractivity contribution in [2.24, 2.45) is 0 Å². The predicted octanol–water partition coefficient (Wildman–Crippen LogP) is 3.19. The summed E-state index contributed by atoms with van der Waals surface area (Å²) in [5, 5.41) is 8.86. The number of ether oxygens (including phenoxy) is 1. The van der Waals surface area contributed by atoms with Gasteiger partial charge >= 0.3 is 6.36 Å². The Balaban J connectivity index is 3.09.